The summed E-state index contributed by atoms with van der Waals surface area (Å²) >= 11 is 0. The smallest absolute Gasteiger partial charge is 0.315 e. The molecule has 0 radical (unpaired) electrons. The molecule has 6 heteroatoms. The first-order valence-corrected chi connectivity index (χ1v) is 9.60. The van der Waals surface area contributed by atoms with Gasteiger partial charge in [0.15, 0.2) is 0 Å². The van der Waals surface area contributed by atoms with Gasteiger partial charge < -0.3 is 15.8 Å². The Morgan fingerprint density at radius 1 is 1.25 bits per heavy atom. The summed E-state index contributed by atoms with van der Waals surface area (Å²) in [5.41, 5.74) is 8.56. The van der Waals surface area contributed by atoms with Crippen molar-refractivity contribution in [2.75, 3.05) is 5.73 Å². The van der Waals surface area contributed by atoms with Crippen LogP contribution in [0.15, 0.2) is 41.0 Å². The number of esters is 1. The van der Waals surface area contributed by atoms with Crippen molar-refractivity contribution in [1.29, 1.82) is 0 Å². The number of amides is 1. The molecule has 0 spiro atoms. The van der Waals surface area contributed by atoms with Gasteiger partial charge in [0.05, 0.1) is 6.04 Å². The Bertz CT molecular complexity index is 728. The summed E-state index contributed by atoms with van der Waals surface area (Å²) in [6, 6.07) is 7.16. The van der Waals surface area contributed by atoms with E-state index in [1.165, 1.54) is 0 Å². The number of anilines is 1. The molecule has 1 aromatic rings. The van der Waals surface area contributed by atoms with Crippen LogP contribution in [0.1, 0.15) is 59.9 Å². The van der Waals surface area contributed by atoms with E-state index >= 15 is 0 Å². The van der Waals surface area contributed by atoms with E-state index in [1.54, 1.807) is 20.8 Å². The number of nitrogens with one attached hydrogen (secondary N) is 1. The van der Waals surface area contributed by atoms with Crippen molar-refractivity contribution in [2.45, 2.75) is 72.4 Å². The van der Waals surface area contributed by atoms with E-state index in [1.807, 2.05) is 51.1 Å². The highest BCUT2D eigenvalue weighted by Crippen LogP contribution is 2.12. The van der Waals surface area contributed by atoms with Crippen LogP contribution in [0, 0.1) is 0 Å². The van der Waals surface area contributed by atoms with E-state index in [2.05, 4.69) is 10.3 Å². The van der Waals surface area contributed by atoms with Crippen molar-refractivity contribution in [3.05, 3.63) is 41.6 Å². The summed E-state index contributed by atoms with van der Waals surface area (Å²) in [6.07, 6.45) is 2.98. The predicted octanol–water partition coefficient (Wildman–Crippen LogP) is 3.80. The number of benzene rings is 1. The molecule has 1 amide bonds. The van der Waals surface area contributed by atoms with Crippen LogP contribution in [0.2, 0.25) is 0 Å². The number of carbonyl (C=O) groups is 2. The summed E-state index contributed by atoms with van der Waals surface area (Å²) in [5.74, 6) is -0.934. The highest BCUT2D eigenvalue weighted by atomic mass is 16.6. The summed E-state index contributed by atoms with van der Waals surface area (Å²) in [6.45, 7) is 11.2. The average molecular weight is 388 g/mol. The van der Waals surface area contributed by atoms with Crippen LogP contribution < -0.4 is 11.1 Å². The maximum Gasteiger partial charge on any atom is 0.315 e. The average Bonchev–Trinajstić information content (AvgIpc) is 2.58. The number of ether oxygens (including phenoxy) is 1. The second kappa shape index (κ2) is 10.6. The van der Waals surface area contributed by atoms with E-state index < -0.39 is 11.6 Å². The zero-order valence-corrected chi connectivity index (χ0v) is 17.8. The number of nitrogen functional groups attached to an aromatic ring is 1. The molecule has 0 unspecified atom stereocenters. The Labute approximate surface area is 168 Å². The fourth-order valence-electron chi connectivity index (χ4n) is 2.60. The minimum absolute atomic E-state index is 0.326. The summed E-state index contributed by atoms with van der Waals surface area (Å²) < 4.78 is 5.23. The quantitative estimate of drug-likeness (QED) is 0.307. The van der Waals surface area contributed by atoms with Crippen LogP contribution in [0.3, 0.4) is 0 Å². The third kappa shape index (κ3) is 8.84. The van der Waals surface area contributed by atoms with Gasteiger partial charge in [0.1, 0.15) is 12.0 Å². The number of nitrogens with zero attached hydrogens (tertiary/aromatic N) is 1. The lowest BCUT2D eigenvalue weighted by Gasteiger charge is -2.21. The van der Waals surface area contributed by atoms with Crippen molar-refractivity contribution >= 4 is 23.3 Å². The lowest BCUT2D eigenvalue weighted by molar-refractivity contribution is -0.156. The van der Waals surface area contributed by atoms with E-state index in [0.717, 1.165) is 23.4 Å². The fourth-order valence-corrected chi connectivity index (χ4v) is 2.60. The third-order valence-corrected chi connectivity index (χ3v) is 4.00. The lowest BCUT2D eigenvalue weighted by atomic mass is 10.0. The molecule has 1 aromatic carbocycles. The van der Waals surface area contributed by atoms with Crippen LogP contribution >= 0.6 is 0 Å². The van der Waals surface area contributed by atoms with E-state index in [4.69, 9.17) is 10.5 Å². The molecule has 28 heavy (non-hydrogen) atoms. The van der Waals surface area contributed by atoms with E-state index in [9.17, 15) is 9.59 Å². The molecular formula is C22H33N3O3. The van der Waals surface area contributed by atoms with Crippen molar-refractivity contribution < 1.29 is 14.3 Å². The minimum atomic E-state index is -0.625. The minimum Gasteiger partial charge on any atom is -0.460 e. The van der Waals surface area contributed by atoms with Gasteiger partial charge in [0.25, 0.3) is 0 Å². The van der Waals surface area contributed by atoms with Crippen molar-refractivity contribution in [3.8, 4) is 0 Å². The zero-order chi connectivity index (χ0) is 21.3. The topological polar surface area (TPSA) is 93.8 Å². The van der Waals surface area contributed by atoms with Gasteiger partial charge in [-0.2, -0.15) is 0 Å². The molecule has 0 saturated heterocycles. The van der Waals surface area contributed by atoms with E-state index in [-0.39, 0.29) is 18.4 Å². The first-order valence-electron chi connectivity index (χ1n) is 9.60. The SMILES string of the molecule is C/C=C(/CC)N=C(C)[C@H](Cc1ccc(N)cc1)NC(=O)CC(=O)OC(C)(C)C. The highest BCUT2D eigenvalue weighted by molar-refractivity contribution is 5.98. The van der Waals surface area contributed by atoms with Gasteiger partial charge in [-0.1, -0.05) is 25.1 Å². The van der Waals surface area contributed by atoms with Gasteiger partial charge in [0, 0.05) is 17.1 Å². The largest absolute Gasteiger partial charge is 0.460 e. The summed E-state index contributed by atoms with van der Waals surface area (Å²) in [4.78, 5) is 29.0. The monoisotopic (exact) mass is 387 g/mol. The van der Waals surface area contributed by atoms with Gasteiger partial charge in [-0.05, 0) is 65.2 Å². The number of rotatable bonds is 8. The molecule has 0 fully saturated rings. The molecule has 154 valence electrons. The number of carbonyl (C=O) groups excluding carboxylic acids is 2. The van der Waals surface area contributed by atoms with E-state index in [0.29, 0.717) is 12.1 Å². The van der Waals surface area contributed by atoms with Gasteiger partial charge in [-0.15, -0.1) is 0 Å². The Hall–Kier alpha value is -2.63. The molecule has 6 nitrogen and oxygen atoms in total. The van der Waals surface area contributed by atoms with Gasteiger partial charge in [-0.3, -0.25) is 14.6 Å². The number of nitrogens with two attached hydrogens (primary N) is 1. The van der Waals surface area contributed by atoms with Crippen LogP contribution in [0.4, 0.5) is 5.69 Å². The maximum atomic E-state index is 12.4. The van der Waals surface area contributed by atoms with Crippen LogP contribution in [-0.2, 0) is 20.7 Å². The highest BCUT2D eigenvalue weighted by Gasteiger charge is 2.22. The second-order valence-electron chi connectivity index (χ2n) is 7.72. The molecule has 1 rings (SSSR count). The van der Waals surface area contributed by atoms with Crippen molar-refractivity contribution in [3.63, 3.8) is 0 Å². The number of allylic oxidation sites excluding steroid dienone is 2. The second-order valence-corrected chi connectivity index (χ2v) is 7.72. The number of aliphatic imine (C=N–C) groups is 1. The van der Waals surface area contributed by atoms with Gasteiger partial charge >= 0.3 is 5.97 Å². The zero-order valence-electron chi connectivity index (χ0n) is 17.8. The number of hydrogen-bond acceptors (Lipinski definition) is 5. The maximum absolute atomic E-state index is 12.4. The van der Waals surface area contributed by atoms with Crippen LogP contribution in [0.25, 0.3) is 0 Å². The molecule has 0 bridgehead atoms. The van der Waals surface area contributed by atoms with Crippen LogP contribution in [-0.4, -0.2) is 29.2 Å². The van der Waals surface area contributed by atoms with Crippen molar-refractivity contribution in [2.24, 2.45) is 4.99 Å². The summed E-state index contributed by atoms with van der Waals surface area (Å²) in [5, 5.41) is 2.92. The Balaban J connectivity index is 2.95. The Morgan fingerprint density at radius 3 is 2.36 bits per heavy atom. The molecule has 0 aliphatic carbocycles. The molecule has 3 N–H and O–H groups in total. The molecule has 0 aromatic heterocycles. The fraction of sp³-hybridized carbons (Fsp3) is 0.500. The Morgan fingerprint density at radius 2 is 1.86 bits per heavy atom. The Kier molecular flexibility index (Phi) is 8.89. The predicted molar refractivity (Wildman–Crippen MR) is 114 cm³/mol. The molecule has 0 saturated carbocycles. The molecule has 1 atom stereocenters. The molecule has 0 aliphatic heterocycles. The standard InChI is InChI=1S/C22H33N3O3/c1-7-18(8-2)24-15(3)19(13-16-9-11-17(23)12-10-16)25-20(26)14-21(27)28-22(4,5)6/h7,9-12,19H,8,13-14,23H2,1-6H3,(H,25,26)/b18-7-,24-15?/t19-/m0/s1. The number of hydrogen-bond donors (Lipinski definition) is 2. The van der Waals surface area contributed by atoms with Gasteiger partial charge in [0.2, 0.25) is 5.91 Å². The molecular weight excluding hydrogens is 354 g/mol. The first kappa shape index (κ1) is 23.4. The van der Waals surface area contributed by atoms with Crippen LogP contribution in [0.5, 0.6) is 0 Å². The molecule has 0 aliphatic rings. The first-order chi connectivity index (χ1) is 13.0. The van der Waals surface area contributed by atoms with Crippen molar-refractivity contribution in [1.82, 2.24) is 5.32 Å². The third-order valence-electron chi connectivity index (χ3n) is 4.00. The normalized spacial score (nSPS) is 13.8. The summed E-state index contributed by atoms with van der Waals surface area (Å²) in [7, 11) is 0. The lowest BCUT2D eigenvalue weighted by Crippen LogP contribution is -2.42. The molecule has 0 heterocycles. The van der Waals surface area contributed by atoms with Gasteiger partial charge in [-0.25, -0.2) is 0 Å².